The van der Waals surface area contributed by atoms with Crippen LogP contribution in [0.4, 0.5) is 11.4 Å². The van der Waals surface area contributed by atoms with Gasteiger partial charge < -0.3 is 19.1 Å². The molecule has 0 unspecified atom stereocenters. The van der Waals surface area contributed by atoms with E-state index in [1.165, 1.54) is 5.69 Å². The molecule has 1 heterocycles. The Bertz CT molecular complexity index is 1150. The summed E-state index contributed by atoms with van der Waals surface area (Å²) in [6.45, 7) is 6.16. The maximum absolute atomic E-state index is 6.11. The number of aliphatic imine (C=N–C) groups is 1. The van der Waals surface area contributed by atoms with E-state index in [1.807, 2.05) is 43.5 Å². The number of hydrogen-bond donors (Lipinski definition) is 0. The highest BCUT2D eigenvalue weighted by atomic mass is 79.9. The van der Waals surface area contributed by atoms with Crippen LogP contribution in [0.25, 0.3) is 0 Å². The van der Waals surface area contributed by atoms with E-state index in [0.29, 0.717) is 34.8 Å². The van der Waals surface area contributed by atoms with Gasteiger partial charge in [0.1, 0.15) is 6.61 Å². The van der Waals surface area contributed by atoms with Gasteiger partial charge in [-0.1, -0.05) is 29.3 Å². The number of hydrogen-bond acceptors (Lipinski definition) is 5. The smallest absolute Gasteiger partial charge is 0.162 e. The van der Waals surface area contributed by atoms with Crippen LogP contribution in [0, 0.1) is 0 Å². The predicted molar refractivity (Wildman–Crippen MR) is 143 cm³/mol. The number of ether oxygens (including phenoxy) is 3. The first kappa shape index (κ1) is 24.9. The topological polar surface area (TPSA) is 43.3 Å². The fraction of sp³-hybridized carbons (Fsp3) is 0.269. The van der Waals surface area contributed by atoms with E-state index in [2.05, 4.69) is 38.0 Å². The monoisotopic (exact) mass is 562 g/mol. The first-order valence-corrected chi connectivity index (χ1v) is 12.6. The highest BCUT2D eigenvalue weighted by Crippen LogP contribution is 2.34. The molecule has 0 N–H and O–H groups in total. The Kier molecular flexibility index (Phi) is 8.73. The number of rotatable bonds is 8. The van der Waals surface area contributed by atoms with E-state index in [0.717, 1.165) is 47.6 Å². The maximum Gasteiger partial charge on any atom is 0.162 e. The van der Waals surface area contributed by atoms with Crippen molar-refractivity contribution in [3.63, 3.8) is 0 Å². The number of morpholine rings is 1. The Labute approximate surface area is 218 Å². The third-order valence-corrected chi connectivity index (χ3v) is 6.75. The molecule has 3 aromatic carbocycles. The van der Waals surface area contributed by atoms with E-state index >= 15 is 0 Å². The van der Waals surface area contributed by atoms with Crippen molar-refractivity contribution in [2.24, 2.45) is 4.99 Å². The molecule has 0 atom stereocenters. The van der Waals surface area contributed by atoms with Gasteiger partial charge in [0.25, 0.3) is 0 Å². The van der Waals surface area contributed by atoms with Gasteiger partial charge in [-0.25, -0.2) is 0 Å². The lowest BCUT2D eigenvalue weighted by Gasteiger charge is -2.28. The number of benzene rings is 3. The molecule has 3 aromatic rings. The summed E-state index contributed by atoms with van der Waals surface area (Å²) in [5, 5.41) is 1.01. The lowest BCUT2D eigenvalue weighted by molar-refractivity contribution is 0.122. The van der Waals surface area contributed by atoms with Crippen molar-refractivity contribution >= 4 is 56.7 Å². The molecule has 5 nitrogen and oxygen atoms in total. The van der Waals surface area contributed by atoms with Gasteiger partial charge >= 0.3 is 0 Å². The summed E-state index contributed by atoms with van der Waals surface area (Å²) in [6, 6.07) is 17.5. The van der Waals surface area contributed by atoms with Crippen LogP contribution >= 0.6 is 39.1 Å². The highest BCUT2D eigenvalue weighted by Gasteiger charge is 2.12. The Morgan fingerprint density at radius 3 is 2.41 bits per heavy atom. The Morgan fingerprint density at radius 1 is 0.971 bits per heavy atom. The molecule has 0 aromatic heterocycles. The minimum Gasteiger partial charge on any atom is -0.490 e. The van der Waals surface area contributed by atoms with Gasteiger partial charge in [0.2, 0.25) is 0 Å². The van der Waals surface area contributed by atoms with E-state index in [4.69, 9.17) is 37.4 Å². The molecule has 4 rings (SSSR count). The summed E-state index contributed by atoms with van der Waals surface area (Å²) in [5.74, 6) is 1.28. The average molecular weight is 564 g/mol. The second-order valence-electron chi connectivity index (χ2n) is 7.66. The Morgan fingerprint density at radius 2 is 1.71 bits per heavy atom. The normalized spacial score (nSPS) is 13.9. The number of nitrogens with zero attached hydrogens (tertiary/aromatic N) is 2. The zero-order valence-electron chi connectivity index (χ0n) is 18.8. The fourth-order valence-electron chi connectivity index (χ4n) is 3.54. The minimum absolute atomic E-state index is 0.340. The average Bonchev–Trinajstić information content (AvgIpc) is 2.86. The van der Waals surface area contributed by atoms with Crippen LogP contribution in [0.3, 0.4) is 0 Å². The van der Waals surface area contributed by atoms with Crippen LogP contribution in [0.5, 0.6) is 11.5 Å². The first-order valence-electron chi connectivity index (χ1n) is 11.0. The van der Waals surface area contributed by atoms with Gasteiger partial charge in [-0.05, 0) is 76.9 Å². The third-order valence-electron chi connectivity index (χ3n) is 5.32. The molecule has 1 saturated heterocycles. The molecular weight excluding hydrogens is 539 g/mol. The van der Waals surface area contributed by atoms with Crippen molar-refractivity contribution in [2.75, 3.05) is 37.8 Å². The molecule has 1 fully saturated rings. The van der Waals surface area contributed by atoms with Crippen molar-refractivity contribution < 1.29 is 14.2 Å². The largest absolute Gasteiger partial charge is 0.490 e. The van der Waals surface area contributed by atoms with Crippen LogP contribution in [0.2, 0.25) is 10.0 Å². The molecule has 178 valence electrons. The second-order valence-corrected chi connectivity index (χ2v) is 9.33. The van der Waals surface area contributed by atoms with Gasteiger partial charge in [0.15, 0.2) is 11.5 Å². The molecule has 8 heteroatoms. The zero-order chi connectivity index (χ0) is 23.9. The lowest BCUT2D eigenvalue weighted by Crippen LogP contribution is -2.36. The number of anilines is 1. The molecule has 34 heavy (non-hydrogen) atoms. The van der Waals surface area contributed by atoms with E-state index in [9.17, 15) is 0 Å². The summed E-state index contributed by atoms with van der Waals surface area (Å²) in [7, 11) is 0. The van der Waals surface area contributed by atoms with E-state index in [-0.39, 0.29) is 0 Å². The molecule has 0 aliphatic carbocycles. The summed E-state index contributed by atoms with van der Waals surface area (Å²) in [5.41, 5.74) is 3.87. The fourth-order valence-corrected chi connectivity index (χ4v) is 4.28. The van der Waals surface area contributed by atoms with Gasteiger partial charge in [0, 0.05) is 35.0 Å². The SMILES string of the molecule is CCOc1cc(C=Nc2ccc(N3CCOCC3)cc2)c(Br)cc1OCc1ccc(Cl)c(Cl)c1. The quantitative estimate of drug-likeness (QED) is 0.269. The second kappa shape index (κ2) is 11.9. The molecule has 1 aliphatic heterocycles. The number of halogens is 3. The summed E-state index contributed by atoms with van der Waals surface area (Å²) in [6.07, 6.45) is 1.82. The Balaban J connectivity index is 1.47. The van der Waals surface area contributed by atoms with Gasteiger partial charge in [-0.3, -0.25) is 4.99 Å². The van der Waals surface area contributed by atoms with Gasteiger partial charge in [0.05, 0.1) is 35.6 Å². The van der Waals surface area contributed by atoms with Gasteiger partial charge in [-0.15, -0.1) is 0 Å². The minimum atomic E-state index is 0.340. The van der Waals surface area contributed by atoms with Crippen LogP contribution < -0.4 is 14.4 Å². The Hall–Kier alpha value is -2.25. The maximum atomic E-state index is 6.11. The zero-order valence-corrected chi connectivity index (χ0v) is 21.9. The summed E-state index contributed by atoms with van der Waals surface area (Å²) in [4.78, 5) is 6.96. The van der Waals surface area contributed by atoms with Crippen molar-refractivity contribution in [1.82, 2.24) is 0 Å². The molecule has 0 amide bonds. The molecule has 0 spiro atoms. The van der Waals surface area contributed by atoms with Crippen molar-refractivity contribution in [1.29, 1.82) is 0 Å². The van der Waals surface area contributed by atoms with Crippen LogP contribution in [0.15, 0.2) is 64.1 Å². The lowest BCUT2D eigenvalue weighted by atomic mass is 10.2. The van der Waals surface area contributed by atoms with Crippen molar-refractivity contribution in [3.8, 4) is 11.5 Å². The third kappa shape index (κ3) is 6.45. The molecule has 0 saturated carbocycles. The predicted octanol–water partition coefficient (Wildman–Crippen LogP) is 7.32. The summed E-state index contributed by atoms with van der Waals surface area (Å²) >= 11 is 15.7. The first-order chi connectivity index (χ1) is 16.5. The van der Waals surface area contributed by atoms with E-state index in [1.54, 1.807) is 12.1 Å². The molecule has 1 aliphatic rings. The van der Waals surface area contributed by atoms with Crippen LogP contribution in [0.1, 0.15) is 18.1 Å². The van der Waals surface area contributed by atoms with Crippen LogP contribution in [-0.4, -0.2) is 39.1 Å². The van der Waals surface area contributed by atoms with Crippen LogP contribution in [-0.2, 0) is 11.3 Å². The standard InChI is InChI=1S/C26H25BrCl2N2O3/c1-2-33-25-14-19(16-30-20-4-6-21(7-5-20)31-9-11-32-12-10-31)22(27)15-26(25)34-17-18-3-8-23(28)24(29)13-18/h3-8,13-16H,2,9-12,17H2,1H3. The highest BCUT2D eigenvalue weighted by molar-refractivity contribution is 9.10. The van der Waals surface area contributed by atoms with Crippen molar-refractivity contribution in [3.05, 3.63) is 80.2 Å². The van der Waals surface area contributed by atoms with Gasteiger partial charge in [-0.2, -0.15) is 0 Å². The summed E-state index contributed by atoms with van der Waals surface area (Å²) < 4.78 is 18.1. The molecule has 0 bridgehead atoms. The van der Waals surface area contributed by atoms with Crippen molar-refractivity contribution in [2.45, 2.75) is 13.5 Å². The molecular formula is C26H25BrCl2N2O3. The van der Waals surface area contributed by atoms with E-state index < -0.39 is 0 Å². The molecule has 0 radical (unpaired) electrons.